The van der Waals surface area contributed by atoms with Gasteiger partial charge in [0, 0.05) is 32.5 Å². The van der Waals surface area contributed by atoms with Crippen LogP contribution in [0.15, 0.2) is 10.6 Å². The van der Waals surface area contributed by atoms with Crippen LogP contribution in [0.2, 0.25) is 0 Å². The molecule has 0 aliphatic rings. The summed E-state index contributed by atoms with van der Waals surface area (Å²) < 4.78 is 4.95. The number of hydrogen-bond donors (Lipinski definition) is 1. The zero-order valence-corrected chi connectivity index (χ0v) is 12.6. The molecule has 2 amide bonds. The molecule has 0 fully saturated rings. The van der Waals surface area contributed by atoms with Crippen LogP contribution in [0.25, 0.3) is 0 Å². The molecule has 0 unspecified atom stereocenters. The van der Waals surface area contributed by atoms with Crippen molar-refractivity contribution in [2.24, 2.45) is 5.92 Å². The summed E-state index contributed by atoms with van der Waals surface area (Å²) in [5, 5.41) is 6.64. The summed E-state index contributed by atoms with van der Waals surface area (Å²) in [7, 11) is 0. The molecule has 0 radical (unpaired) electrons. The van der Waals surface area contributed by atoms with Gasteiger partial charge < -0.3 is 9.84 Å². The number of aromatic nitrogens is 1. The lowest BCUT2D eigenvalue weighted by atomic mass is 10.1. The van der Waals surface area contributed by atoms with Gasteiger partial charge in [-0.3, -0.25) is 14.5 Å². The van der Waals surface area contributed by atoms with Gasteiger partial charge in [-0.15, -0.1) is 0 Å². The number of nitrogens with one attached hydrogen (secondary N) is 1. The normalized spacial score (nSPS) is 10.7. The molecule has 0 saturated carbocycles. The molecule has 112 valence electrons. The molecule has 6 heteroatoms. The number of anilines is 1. The highest BCUT2D eigenvalue weighted by Crippen LogP contribution is 2.14. The number of carbonyl (C=O) groups is 2. The Balaban J connectivity index is 2.44. The minimum atomic E-state index is -0.159. The minimum Gasteiger partial charge on any atom is -0.360 e. The van der Waals surface area contributed by atoms with Crippen LogP contribution in [0.5, 0.6) is 0 Å². The van der Waals surface area contributed by atoms with E-state index in [1.165, 1.54) is 11.8 Å². The van der Waals surface area contributed by atoms with Crippen LogP contribution in [0.4, 0.5) is 5.82 Å². The fourth-order valence-corrected chi connectivity index (χ4v) is 1.72. The number of hydrogen-bond acceptors (Lipinski definition) is 4. The summed E-state index contributed by atoms with van der Waals surface area (Å²) >= 11 is 0. The maximum Gasteiger partial charge on any atom is 0.225 e. The lowest BCUT2D eigenvalue weighted by Crippen LogP contribution is -2.34. The van der Waals surface area contributed by atoms with Crippen molar-refractivity contribution in [3.63, 3.8) is 0 Å². The van der Waals surface area contributed by atoms with Gasteiger partial charge in [0.2, 0.25) is 11.8 Å². The molecule has 0 atom stereocenters. The smallest absolute Gasteiger partial charge is 0.225 e. The van der Waals surface area contributed by atoms with Crippen molar-refractivity contribution >= 4 is 17.6 Å². The summed E-state index contributed by atoms with van der Waals surface area (Å²) in [6, 6.07) is 1.68. The van der Waals surface area contributed by atoms with E-state index >= 15 is 0 Å². The molecule has 0 aliphatic carbocycles. The first-order chi connectivity index (χ1) is 9.40. The van der Waals surface area contributed by atoms with Crippen LogP contribution in [0.1, 0.15) is 39.4 Å². The Morgan fingerprint density at radius 2 is 2.15 bits per heavy atom. The highest BCUT2D eigenvalue weighted by molar-refractivity contribution is 5.91. The van der Waals surface area contributed by atoms with Crippen LogP contribution in [0.3, 0.4) is 0 Å². The van der Waals surface area contributed by atoms with Gasteiger partial charge in [-0.25, -0.2) is 0 Å². The maximum atomic E-state index is 11.7. The summed E-state index contributed by atoms with van der Waals surface area (Å²) in [5.74, 6) is 1.42. The third-order valence-corrected chi connectivity index (χ3v) is 2.88. The van der Waals surface area contributed by atoms with Gasteiger partial charge in [0.1, 0.15) is 5.76 Å². The van der Waals surface area contributed by atoms with Crippen molar-refractivity contribution < 1.29 is 14.1 Å². The van der Waals surface area contributed by atoms with E-state index in [-0.39, 0.29) is 18.2 Å². The highest BCUT2D eigenvalue weighted by Gasteiger charge is 2.16. The van der Waals surface area contributed by atoms with Crippen LogP contribution >= 0.6 is 0 Å². The van der Waals surface area contributed by atoms with Crippen molar-refractivity contribution in [3.05, 3.63) is 11.8 Å². The van der Waals surface area contributed by atoms with Crippen LogP contribution in [-0.4, -0.2) is 30.1 Å². The fraction of sp³-hybridized carbons (Fsp3) is 0.643. The van der Waals surface area contributed by atoms with Gasteiger partial charge in [0.15, 0.2) is 5.82 Å². The van der Waals surface area contributed by atoms with E-state index in [1.807, 2.05) is 0 Å². The molecular weight excluding hydrogens is 258 g/mol. The number of carbonyl (C=O) groups excluding carboxylic acids is 2. The lowest BCUT2D eigenvalue weighted by Gasteiger charge is -2.17. The molecule has 0 aliphatic heterocycles. The van der Waals surface area contributed by atoms with Crippen LogP contribution in [-0.2, 0) is 9.59 Å². The fourth-order valence-electron chi connectivity index (χ4n) is 1.72. The van der Waals surface area contributed by atoms with E-state index in [0.717, 1.165) is 6.42 Å². The maximum absolute atomic E-state index is 11.7. The highest BCUT2D eigenvalue weighted by atomic mass is 16.5. The molecule has 0 spiro atoms. The zero-order valence-electron chi connectivity index (χ0n) is 12.6. The van der Waals surface area contributed by atoms with E-state index in [9.17, 15) is 9.59 Å². The molecule has 1 heterocycles. The Bertz CT molecular complexity index is 454. The standard InChI is InChI=1S/C14H23N3O3/c1-10(2)5-7-15-14(19)6-8-17(12(4)18)13-9-11(3)20-16-13/h9-10H,5-8H2,1-4H3,(H,15,19). The zero-order chi connectivity index (χ0) is 15.1. The molecule has 1 N–H and O–H groups in total. The Morgan fingerprint density at radius 1 is 1.45 bits per heavy atom. The predicted octanol–water partition coefficient (Wildman–Crippen LogP) is 1.89. The first-order valence-electron chi connectivity index (χ1n) is 6.88. The van der Waals surface area contributed by atoms with Crippen LogP contribution in [0, 0.1) is 12.8 Å². The Morgan fingerprint density at radius 3 is 2.65 bits per heavy atom. The van der Waals surface area contributed by atoms with E-state index in [4.69, 9.17) is 4.52 Å². The van der Waals surface area contributed by atoms with Gasteiger partial charge in [-0.2, -0.15) is 0 Å². The quantitative estimate of drug-likeness (QED) is 0.828. The minimum absolute atomic E-state index is 0.0582. The molecule has 1 rings (SSSR count). The summed E-state index contributed by atoms with van der Waals surface area (Å²) in [5.41, 5.74) is 0. The largest absolute Gasteiger partial charge is 0.360 e. The summed E-state index contributed by atoms with van der Waals surface area (Å²) in [6.07, 6.45) is 1.20. The average molecular weight is 281 g/mol. The number of nitrogens with zero attached hydrogens (tertiary/aromatic N) is 2. The van der Waals surface area contributed by atoms with Crippen molar-refractivity contribution in [2.75, 3.05) is 18.0 Å². The van der Waals surface area contributed by atoms with Crippen molar-refractivity contribution in [2.45, 2.75) is 40.5 Å². The van der Waals surface area contributed by atoms with Crippen molar-refractivity contribution in [1.29, 1.82) is 0 Å². The molecule has 0 aromatic carbocycles. The molecule has 20 heavy (non-hydrogen) atoms. The van der Waals surface area contributed by atoms with Gasteiger partial charge in [0.05, 0.1) is 0 Å². The van der Waals surface area contributed by atoms with Gasteiger partial charge >= 0.3 is 0 Å². The number of aryl methyl sites for hydroxylation is 1. The molecule has 0 saturated heterocycles. The second kappa shape index (κ2) is 7.67. The molecule has 1 aromatic rings. The average Bonchev–Trinajstić information content (AvgIpc) is 2.75. The van der Waals surface area contributed by atoms with E-state index < -0.39 is 0 Å². The molecule has 0 bridgehead atoms. The Kier molecular flexibility index (Phi) is 6.21. The summed E-state index contributed by atoms with van der Waals surface area (Å²) in [4.78, 5) is 24.7. The predicted molar refractivity (Wildman–Crippen MR) is 76.3 cm³/mol. The monoisotopic (exact) mass is 281 g/mol. The number of rotatable bonds is 7. The van der Waals surface area contributed by atoms with Crippen molar-refractivity contribution in [3.8, 4) is 0 Å². The SMILES string of the molecule is CC(=O)N(CCC(=O)NCCC(C)C)c1cc(C)on1. The first-order valence-corrected chi connectivity index (χ1v) is 6.88. The van der Waals surface area contributed by atoms with Gasteiger partial charge in [0.25, 0.3) is 0 Å². The van der Waals surface area contributed by atoms with Gasteiger partial charge in [-0.1, -0.05) is 19.0 Å². The van der Waals surface area contributed by atoms with E-state index in [0.29, 0.717) is 30.6 Å². The third kappa shape index (κ3) is 5.42. The first kappa shape index (κ1) is 16.2. The topological polar surface area (TPSA) is 75.4 Å². The third-order valence-electron chi connectivity index (χ3n) is 2.88. The lowest BCUT2D eigenvalue weighted by molar-refractivity contribution is -0.121. The van der Waals surface area contributed by atoms with E-state index in [2.05, 4.69) is 24.3 Å². The number of amides is 2. The van der Waals surface area contributed by atoms with Crippen molar-refractivity contribution in [1.82, 2.24) is 10.5 Å². The Hall–Kier alpha value is -1.85. The Labute approximate surface area is 119 Å². The van der Waals surface area contributed by atoms with Gasteiger partial charge in [-0.05, 0) is 19.3 Å². The second-order valence-electron chi connectivity index (χ2n) is 5.25. The second-order valence-corrected chi connectivity index (χ2v) is 5.25. The molecule has 1 aromatic heterocycles. The van der Waals surface area contributed by atoms with E-state index in [1.54, 1.807) is 13.0 Å². The van der Waals surface area contributed by atoms with Crippen LogP contribution < -0.4 is 10.2 Å². The summed E-state index contributed by atoms with van der Waals surface area (Å²) in [6.45, 7) is 8.38. The molecule has 6 nitrogen and oxygen atoms in total. The molecular formula is C14H23N3O3.